The number of anilines is 1. The second-order valence-electron chi connectivity index (χ2n) is 3.76. The van der Waals surface area contributed by atoms with Crippen LogP contribution in [0.5, 0.6) is 5.75 Å². The van der Waals surface area contributed by atoms with Gasteiger partial charge in [-0.05, 0) is 50.1 Å². The van der Waals surface area contributed by atoms with Gasteiger partial charge in [0.1, 0.15) is 5.75 Å². The topological polar surface area (TPSA) is 21.3 Å². The van der Waals surface area contributed by atoms with Crippen LogP contribution >= 0.6 is 43.2 Å². The molecule has 0 fully saturated rings. The van der Waals surface area contributed by atoms with E-state index in [-0.39, 0.29) is 5.75 Å². The van der Waals surface area contributed by atoms with E-state index in [0.29, 0.717) is 12.2 Å². The first kappa shape index (κ1) is 15.7. The zero-order valence-electron chi connectivity index (χ0n) is 9.80. The Hall–Kier alpha value is -0.730. The number of benzene rings is 1. The maximum absolute atomic E-state index is 12.1. The SMILES string of the molecule is FC(F)(F)Oc1cccc(NCc2cc(Br)c(Br)s2)c1. The second kappa shape index (κ2) is 6.36. The minimum atomic E-state index is -4.68. The van der Waals surface area contributed by atoms with Crippen LogP contribution in [0.4, 0.5) is 18.9 Å². The summed E-state index contributed by atoms with van der Waals surface area (Å²) < 4.78 is 42.2. The summed E-state index contributed by atoms with van der Waals surface area (Å²) in [6, 6.07) is 7.70. The Bertz CT molecular complexity index is 581. The van der Waals surface area contributed by atoms with Gasteiger partial charge in [0.05, 0.1) is 3.79 Å². The molecule has 0 atom stereocenters. The van der Waals surface area contributed by atoms with Gasteiger partial charge in [-0.25, -0.2) is 0 Å². The zero-order valence-corrected chi connectivity index (χ0v) is 13.8. The second-order valence-corrected chi connectivity index (χ2v) is 7.07. The third-order valence-electron chi connectivity index (χ3n) is 2.23. The summed E-state index contributed by atoms with van der Waals surface area (Å²) in [5, 5.41) is 3.05. The van der Waals surface area contributed by atoms with Crippen LogP contribution in [0, 0.1) is 0 Å². The molecule has 2 aromatic rings. The lowest BCUT2D eigenvalue weighted by Gasteiger charge is -2.10. The first-order valence-corrected chi connectivity index (χ1v) is 7.77. The van der Waals surface area contributed by atoms with Gasteiger partial charge >= 0.3 is 6.36 Å². The molecule has 0 aliphatic rings. The van der Waals surface area contributed by atoms with Crippen molar-refractivity contribution < 1.29 is 17.9 Å². The molecule has 0 saturated carbocycles. The maximum atomic E-state index is 12.1. The molecular formula is C12H8Br2F3NOS. The highest BCUT2D eigenvalue weighted by atomic mass is 79.9. The number of halogens is 5. The predicted octanol–water partition coefficient (Wildman–Crippen LogP) is 5.78. The lowest BCUT2D eigenvalue weighted by Crippen LogP contribution is -2.17. The normalized spacial score (nSPS) is 11.4. The third-order valence-corrected chi connectivity index (χ3v) is 5.49. The van der Waals surface area contributed by atoms with Crippen molar-refractivity contribution >= 4 is 48.9 Å². The molecule has 1 heterocycles. The highest BCUT2D eigenvalue weighted by Gasteiger charge is 2.31. The summed E-state index contributed by atoms with van der Waals surface area (Å²) in [4.78, 5) is 1.05. The molecule has 0 aliphatic carbocycles. The van der Waals surface area contributed by atoms with E-state index in [1.165, 1.54) is 18.2 Å². The number of rotatable bonds is 4. The molecule has 108 valence electrons. The van der Waals surface area contributed by atoms with E-state index in [2.05, 4.69) is 41.9 Å². The van der Waals surface area contributed by atoms with Crippen molar-refractivity contribution in [2.75, 3.05) is 5.32 Å². The largest absolute Gasteiger partial charge is 0.573 e. The van der Waals surface area contributed by atoms with Crippen molar-refractivity contribution in [1.29, 1.82) is 0 Å². The number of nitrogens with one attached hydrogen (secondary N) is 1. The molecule has 0 radical (unpaired) electrons. The van der Waals surface area contributed by atoms with Gasteiger partial charge in [-0.2, -0.15) is 0 Å². The van der Waals surface area contributed by atoms with Gasteiger partial charge in [-0.1, -0.05) is 6.07 Å². The van der Waals surface area contributed by atoms with Crippen LogP contribution in [-0.4, -0.2) is 6.36 Å². The first-order valence-electron chi connectivity index (χ1n) is 5.37. The van der Waals surface area contributed by atoms with Gasteiger partial charge in [0, 0.05) is 27.6 Å². The van der Waals surface area contributed by atoms with Gasteiger partial charge in [0.25, 0.3) is 0 Å². The lowest BCUT2D eigenvalue weighted by molar-refractivity contribution is -0.274. The van der Waals surface area contributed by atoms with Crippen molar-refractivity contribution in [3.8, 4) is 5.75 Å². The van der Waals surface area contributed by atoms with Crippen LogP contribution in [0.15, 0.2) is 38.6 Å². The highest BCUT2D eigenvalue weighted by Crippen LogP contribution is 2.33. The summed E-state index contributed by atoms with van der Waals surface area (Å²) >= 11 is 8.31. The molecule has 1 aromatic carbocycles. The quantitative estimate of drug-likeness (QED) is 0.663. The lowest BCUT2D eigenvalue weighted by atomic mass is 10.3. The fourth-order valence-electron chi connectivity index (χ4n) is 1.47. The molecule has 2 nitrogen and oxygen atoms in total. The molecule has 0 saturated heterocycles. The minimum absolute atomic E-state index is 0.240. The average Bonchev–Trinajstić information content (AvgIpc) is 2.65. The van der Waals surface area contributed by atoms with Crippen molar-refractivity contribution in [2.24, 2.45) is 0 Å². The van der Waals surface area contributed by atoms with E-state index in [9.17, 15) is 13.2 Å². The molecule has 0 spiro atoms. The van der Waals surface area contributed by atoms with Crippen molar-refractivity contribution in [3.63, 3.8) is 0 Å². The van der Waals surface area contributed by atoms with Gasteiger partial charge in [0.15, 0.2) is 0 Å². The van der Waals surface area contributed by atoms with Crippen molar-refractivity contribution in [2.45, 2.75) is 12.9 Å². The van der Waals surface area contributed by atoms with E-state index < -0.39 is 6.36 Å². The van der Waals surface area contributed by atoms with Crippen LogP contribution in [-0.2, 0) is 6.54 Å². The molecule has 1 aromatic heterocycles. The number of ether oxygens (including phenoxy) is 1. The Labute approximate surface area is 134 Å². The van der Waals surface area contributed by atoms with E-state index in [1.54, 1.807) is 17.4 Å². The third kappa shape index (κ3) is 4.68. The summed E-state index contributed by atoms with van der Waals surface area (Å²) in [6.45, 7) is 0.518. The standard InChI is InChI=1S/C12H8Br2F3NOS/c13-10-5-9(20-11(10)14)6-18-7-2-1-3-8(4-7)19-12(15,16)17/h1-5,18H,6H2. The van der Waals surface area contributed by atoms with Gasteiger partial charge < -0.3 is 10.1 Å². The van der Waals surface area contributed by atoms with Crippen molar-refractivity contribution in [3.05, 3.63) is 43.5 Å². The average molecular weight is 431 g/mol. The molecule has 20 heavy (non-hydrogen) atoms. The highest BCUT2D eigenvalue weighted by molar-refractivity contribution is 9.13. The van der Waals surface area contributed by atoms with E-state index in [0.717, 1.165) is 13.1 Å². The molecule has 0 bridgehead atoms. The molecular weight excluding hydrogens is 423 g/mol. The number of thiophene rings is 1. The van der Waals surface area contributed by atoms with Crippen LogP contribution in [0.25, 0.3) is 0 Å². The zero-order chi connectivity index (χ0) is 14.8. The van der Waals surface area contributed by atoms with E-state index in [4.69, 9.17) is 0 Å². The van der Waals surface area contributed by atoms with Gasteiger partial charge in [-0.3, -0.25) is 0 Å². The summed E-state index contributed by atoms with van der Waals surface area (Å²) in [5.74, 6) is -0.240. The van der Waals surface area contributed by atoms with Gasteiger partial charge in [-0.15, -0.1) is 24.5 Å². The number of hydrogen-bond acceptors (Lipinski definition) is 3. The van der Waals surface area contributed by atoms with Crippen LogP contribution in [0.2, 0.25) is 0 Å². The Balaban J connectivity index is 2.01. The molecule has 0 aliphatic heterocycles. The van der Waals surface area contributed by atoms with Crippen LogP contribution < -0.4 is 10.1 Å². The fourth-order valence-corrected chi connectivity index (χ4v) is 3.59. The first-order chi connectivity index (χ1) is 9.33. The number of alkyl halides is 3. The molecule has 1 N–H and O–H groups in total. The maximum Gasteiger partial charge on any atom is 0.573 e. The minimum Gasteiger partial charge on any atom is -0.406 e. The van der Waals surface area contributed by atoms with Gasteiger partial charge in [0.2, 0.25) is 0 Å². The number of hydrogen-bond donors (Lipinski definition) is 1. The molecule has 8 heteroatoms. The Morgan fingerprint density at radius 3 is 2.55 bits per heavy atom. The van der Waals surface area contributed by atoms with Crippen molar-refractivity contribution in [1.82, 2.24) is 0 Å². The Morgan fingerprint density at radius 2 is 1.95 bits per heavy atom. The smallest absolute Gasteiger partial charge is 0.406 e. The van der Waals surface area contributed by atoms with E-state index in [1.807, 2.05) is 6.07 Å². The molecule has 0 amide bonds. The fraction of sp³-hybridized carbons (Fsp3) is 0.167. The molecule has 0 unspecified atom stereocenters. The van der Waals surface area contributed by atoms with Crippen LogP contribution in [0.1, 0.15) is 4.88 Å². The summed E-state index contributed by atoms with van der Waals surface area (Å²) in [7, 11) is 0. The Morgan fingerprint density at radius 1 is 1.20 bits per heavy atom. The predicted molar refractivity (Wildman–Crippen MR) is 80.2 cm³/mol. The summed E-state index contributed by atoms with van der Waals surface area (Å²) in [5.41, 5.74) is 0.562. The summed E-state index contributed by atoms with van der Waals surface area (Å²) in [6.07, 6.45) is -4.68. The monoisotopic (exact) mass is 429 g/mol. The van der Waals surface area contributed by atoms with Crippen LogP contribution in [0.3, 0.4) is 0 Å². The molecule has 2 rings (SSSR count). The van der Waals surface area contributed by atoms with E-state index >= 15 is 0 Å². The Kier molecular flexibility index (Phi) is 4.98.